The van der Waals surface area contributed by atoms with E-state index < -0.39 is 0 Å². The smallest absolute Gasteiger partial charge is 0.152 e. The van der Waals surface area contributed by atoms with Crippen LogP contribution in [-0.2, 0) is 0 Å². The standard InChI is InChI=1S/C11H9BrFN3/c1-14-11-10(15-4-5-16-11)8-3-2-7(13)6-9(8)12/h2-6H,1H3,(H,14,16). The molecule has 3 nitrogen and oxygen atoms in total. The zero-order chi connectivity index (χ0) is 11.5. The zero-order valence-corrected chi connectivity index (χ0v) is 10.1. The molecule has 0 bridgehead atoms. The fourth-order valence-corrected chi connectivity index (χ4v) is 1.94. The van der Waals surface area contributed by atoms with Crippen LogP contribution in [0.15, 0.2) is 35.1 Å². The SMILES string of the molecule is CNc1nccnc1-c1ccc(F)cc1Br. The minimum absolute atomic E-state index is 0.287. The average Bonchev–Trinajstić information content (AvgIpc) is 2.29. The fourth-order valence-electron chi connectivity index (χ4n) is 1.40. The number of hydrogen-bond acceptors (Lipinski definition) is 3. The normalized spacial score (nSPS) is 10.2. The molecule has 0 saturated heterocycles. The molecule has 2 rings (SSSR count). The summed E-state index contributed by atoms with van der Waals surface area (Å²) in [7, 11) is 1.77. The second kappa shape index (κ2) is 4.57. The van der Waals surface area contributed by atoms with Crippen LogP contribution in [0.25, 0.3) is 11.3 Å². The van der Waals surface area contributed by atoms with Crippen LogP contribution in [0, 0.1) is 5.82 Å². The predicted octanol–water partition coefficient (Wildman–Crippen LogP) is 3.09. The second-order valence-electron chi connectivity index (χ2n) is 3.13. The van der Waals surface area contributed by atoms with Crippen molar-refractivity contribution in [3.05, 3.63) is 40.9 Å². The van der Waals surface area contributed by atoms with Gasteiger partial charge < -0.3 is 5.32 Å². The Balaban J connectivity index is 2.58. The van der Waals surface area contributed by atoms with Crippen LogP contribution in [0.3, 0.4) is 0 Å². The van der Waals surface area contributed by atoms with Crippen LogP contribution < -0.4 is 5.32 Å². The Hall–Kier alpha value is -1.49. The number of aromatic nitrogens is 2. The van der Waals surface area contributed by atoms with E-state index in [1.54, 1.807) is 25.5 Å². The third kappa shape index (κ3) is 2.04. The van der Waals surface area contributed by atoms with Gasteiger partial charge in [0.05, 0.1) is 0 Å². The van der Waals surface area contributed by atoms with E-state index in [1.165, 1.54) is 12.1 Å². The van der Waals surface area contributed by atoms with Crippen LogP contribution >= 0.6 is 15.9 Å². The molecule has 1 aromatic heterocycles. The van der Waals surface area contributed by atoms with Crippen molar-refractivity contribution >= 4 is 21.7 Å². The lowest BCUT2D eigenvalue weighted by molar-refractivity contribution is 0.627. The maximum atomic E-state index is 13.0. The highest BCUT2D eigenvalue weighted by atomic mass is 79.9. The summed E-state index contributed by atoms with van der Waals surface area (Å²) in [5, 5.41) is 2.95. The van der Waals surface area contributed by atoms with Crippen molar-refractivity contribution in [2.24, 2.45) is 0 Å². The molecule has 16 heavy (non-hydrogen) atoms. The van der Waals surface area contributed by atoms with Gasteiger partial charge in [-0.2, -0.15) is 0 Å². The number of anilines is 1. The third-order valence-corrected chi connectivity index (χ3v) is 2.78. The first-order chi connectivity index (χ1) is 7.72. The maximum Gasteiger partial charge on any atom is 0.152 e. The van der Waals surface area contributed by atoms with Crippen LogP contribution in [0.5, 0.6) is 0 Å². The molecule has 0 unspecified atom stereocenters. The lowest BCUT2D eigenvalue weighted by atomic mass is 10.1. The van der Waals surface area contributed by atoms with Gasteiger partial charge in [0.2, 0.25) is 0 Å². The van der Waals surface area contributed by atoms with Crippen LogP contribution in [0.2, 0.25) is 0 Å². The molecular weight excluding hydrogens is 273 g/mol. The Kier molecular flexibility index (Phi) is 3.14. The predicted molar refractivity (Wildman–Crippen MR) is 64.7 cm³/mol. The molecule has 1 aromatic carbocycles. The zero-order valence-electron chi connectivity index (χ0n) is 8.54. The topological polar surface area (TPSA) is 37.8 Å². The molecule has 0 aliphatic carbocycles. The minimum atomic E-state index is -0.287. The average molecular weight is 282 g/mol. The fraction of sp³-hybridized carbons (Fsp3) is 0.0909. The van der Waals surface area contributed by atoms with Gasteiger partial charge in [-0.05, 0) is 34.1 Å². The van der Waals surface area contributed by atoms with Crippen molar-refractivity contribution in [1.82, 2.24) is 9.97 Å². The number of halogens is 2. The van der Waals surface area contributed by atoms with Gasteiger partial charge in [-0.3, -0.25) is 4.98 Å². The van der Waals surface area contributed by atoms with E-state index >= 15 is 0 Å². The molecular formula is C11H9BrFN3. The molecule has 0 aliphatic rings. The summed E-state index contributed by atoms with van der Waals surface area (Å²) in [5.74, 6) is 0.375. The van der Waals surface area contributed by atoms with Gasteiger partial charge >= 0.3 is 0 Å². The largest absolute Gasteiger partial charge is 0.371 e. The molecule has 0 spiro atoms. The van der Waals surface area contributed by atoms with Gasteiger partial charge in [-0.15, -0.1) is 0 Å². The molecule has 0 fully saturated rings. The van der Waals surface area contributed by atoms with Crippen molar-refractivity contribution in [2.45, 2.75) is 0 Å². The first-order valence-electron chi connectivity index (χ1n) is 4.66. The molecule has 0 radical (unpaired) electrons. The summed E-state index contributed by atoms with van der Waals surface area (Å²) in [4.78, 5) is 8.38. The summed E-state index contributed by atoms with van der Waals surface area (Å²) in [6, 6.07) is 4.47. The summed E-state index contributed by atoms with van der Waals surface area (Å²) in [6.07, 6.45) is 3.21. The number of nitrogens with zero attached hydrogens (tertiary/aromatic N) is 2. The summed E-state index contributed by atoms with van der Waals surface area (Å²) in [5.41, 5.74) is 1.50. The molecule has 0 aliphatic heterocycles. The molecule has 1 N–H and O–H groups in total. The van der Waals surface area contributed by atoms with Crippen molar-refractivity contribution in [2.75, 3.05) is 12.4 Å². The Bertz CT molecular complexity index is 516. The lowest BCUT2D eigenvalue weighted by Gasteiger charge is -2.08. The molecule has 0 atom stereocenters. The van der Waals surface area contributed by atoms with Crippen molar-refractivity contribution in [1.29, 1.82) is 0 Å². The summed E-state index contributed by atoms with van der Waals surface area (Å²) >= 11 is 3.31. The molecule has 82 valence electrons. The summed E-state index contributed by atoms with van der Waals surface area (Å²) in [6.45, 7) is 0. The highest BCUT2D eigenvalue weighted by Gasteiger charge is 2.10. The first kappa shape index (κ1) is 11.0. The van der Waals surface area contributed by atoms with E-state index in [-0.39, 0.29) is 5.82 Å². The molecule has 5 heteroatoms. The number of benzene rings is 1. The van der Waals surface area contributed by atoms with Crippen molar-refractivity contribution in [3.63, 3.8) is 0 Å². The Labute approximate surface area is 101 Å². The highest BCUT2D eigenvalue weighted by molar-refractivity contribution is 9.10. The molecule has 0 saturated carbocycles. The summed E-state index contributed by atoms with van der Waals surface area (Å²) < 4.78 is 13.6. The Morgan fingerprint density at radius 1 is 1.25 bits per heavy atom. The Morgan fingerprint density at radius 3 is 2.69 bits per heavy atom. The molecule has 2 aromatic rings. The van der Waals surface area contributed by atoms with Gasteiger partial charge in [-0.25, -0.2) is 9.37 Å². The maximum absolute atomic E-state index is 13.0. The van der Waals surface area contributed by atoms with E-state index in [2.05, 4.69) is 31.2 Å². The highest BCUT2D eigenvalue weighted by Crippen LogP contribution is 2.30. The minimum Gasteiger partial charge on any atom is -0.371 e. The molecule has 1 heterocycles. The quantitative estimate of drug-likeness (QED) is 0.919. The second-order valence-corrected chi connectivity index (χ2v) is 3.98. The monoisotopic (exact) mass is 281 g/mol. The first-order valence-corrected chi connectivity index (χ1v) is 5.46. The van der Waals surface area contributed by atoms with Gasteiger partial charge in [0.1, 0.15) is 11.5 Å². The van der Waals surface area contributed by atoms with Crippen molar-refractivity contribution in [3.8, 4) is 11.3 Å². The molecule has 0 amide bonds. The van der Waals surface area contributed by atoms with Crippen LogP contribution in [0.4, 0.5) is 10.2 Å². The Morgan fingerprint density at radius 2 is 2.00 bits per heavy atom. The van der Waals surface area contributed by atoms with Crippen LogP contribution in [0.1, 0.15) is 0 Å². The van der Waals surface area contributed by atoms with E-state index in [0.29, 0.717) is 16.0 Å². The van der Waals surface area contributed by atoms with Crippen LogP contribution in [-0.4, -0.2) is 17.0 Å². The van der Waals surface area contributed by atoms with Gasteiger partial charge in [0.15, 0.2) is 5.82 Å². The van der Waals surface area contributed by atoms with E-state index in [9.17, 15) is 4.39 Å². The van der Waals surface area contributed by atoms with E-state index in [4.69, 9.17) is 0 Å². The van der Waals surface area contributed by atoms with Gasteiger partial charge in [0.25, 0.3) is 0 Å². The van der Waals surface area contributed by atoms with E-state index in [0.717, 1.165) is 5.56 Å². The van der Waals surface area contributed by atoms with Gasteiger partial charge in [0, 0.05) is 29.5 Å². The number of hydrogen-bond donors (Lipinski definition) is 1. The third-order valence-electron chi connectivity index (χ3n) is 2.12. The van der Waals surface area contributed by atoms with Crippen molar-refractivity contribution < 1.29 is 4.39 Å². The lowest BCUT2D eigenvalue weighted by Crippen LogP contribution is -1.97. The number of nitrogens with one attached hydrogen (secondary N) is 1. The van der Waals surface area contributed by atoms with E-state index in [1.807, 2.05) is 0 Å². The van der Waals surface area contributed by atoms with Gasteiger partial charge in [-0.1, -0.05) is 0 Å². The number of rotatable bonds is 2.